The van der Waals surface area contributed by atoms with E-state index in [9.17, 15) is 9.59 Å². The van der Waals surface area contributed by atoms with Gasteiger partial charge < -0.3 is 10.4 Å². The molecule has 2 rings (SSSR count). The number of aliphatic carboxylic acids is 1. The predicted molar refractivity (Wildman–Crippen MR) is 75.5 cm³/mol. The molecule has 2 aromatic rings. The molecular weight excluding hydrogens is 256 g/mol. The summed E-state index contributed by atoms with van der Waals surface area (Å²) in [7, 11) is 0. The highest BCUT2D eigenvalue weighted by Gasteiger charge is 2.13. The Kier molecular flexibility index (Phi) is 4.30. The minimum Gasteiger partial charge on any atom is -0.481 e. The van der Waals surface area contributed by atoms with Crippen LogP contribution < -0.4 is 5.32 Å². The number of rotatable bonds is 5. The van der Waals surface area contributed by atoms with Crippen LogP contribution in [-0.2, 0) is 4.79 Å². The molecule has 0 spiro atoms. The number of aromatic nitrogens is 1. The van der Waals surface area contributed by atoms with Crippen LogP contribution >= 0.6 is 0 Å². The Hall–Kier alpha value is -2.43. The van der Waals surface area contributed by atoms with Gasteiger partial charge in [-0.2, -0.15) is 0 Å². The number of carbonyl (C=O) groups is 2. The minimum absolute atomic E-state index is 0.0402. The maximum atomic E-state index is 12.2. The van der Waals surface area contributed by atoms with Gasteiger partial charge >= 0.3 is 5.97 Å². The Morgan fingerprint density at radius 1 is 1.30 bits per heavy atom. The van der Waals surface area contributed by atoms with Gasteiger partial charge in [-0.3, -0.25) is 14.6 Å². The quantitative estimate of drug-likeness (QED) is 0.874. The Labute approximate surface area is 116 Å². The number of hydrogen-bond acceptors (Lipinski definition) is 3. The SMILES string of the molecule is CC(CCC(=O)O)NC(=O)c1cccc2ncccc12. The summed E-state index contributed by atoms with van der Waals surface area (Å²) >= 11 is 0. The number of hydrogen-bond donors (Lipinski definition) is 2. The van der Waals surface area contributed by atoms with E-state index in [2.05, 4.69) is 10.3 Å². The average Bonchev–Trinajstić information content (AvgIpc) is 2.44. The summed E-state index contributed by atoms with van der Waals surface area (Å²) in [4.78, 5) is 26.9. The second-order valence-electron chi connectivity index (χ2n) is 4.68. The standard InChI is InChI=1S/C15H16N2O3/c1-10(7-8-14(18)19)17-15(20)12-4-2-6-13-11(12)5-3-9-16-13/h2-6,9-10H,7-8H2,1H3,(H,17,20)(H,18,19). The summed E-state index contributed by atoms with van der Waals surface area (Å²) in [5.74, 6) is -1.07. The van der Waals surface area contributed by atoms with Crippen molar-refractivity contribution >= 4 is 22.8 Å². The molecule has 1 aromatic heterocycles. The molecule has 0 saturated carbocycles. The molecule has 0 fully saturated rings. The number of carbonyl (C=O) groups excluding carboxylic acids is 1. The van der Waals surface area contributed by atoms with Crippen molar-refractivity contribution < 1.29 is 14.7 Å². The van der Waals surface area contributed by atoms with E-state index in [-0.39, 0.29) is 18.4 Å². The Morgan fingerprint density at radius 2 is 2.10 bits per heavy atom. The van der Waals surface area contributed by atoms with Crippen molar-refractivity contribution in [3.63, 3.8) is 0 Å². The van der Waals surface area contributed by atoms with E-state index in [1.165, 1.54) is 0 Å². The molecule has 5 heteroatoms. The van der Waals surface area contributed by atoms with Crippen molar-refractivity contribution in [2.75, 3.05) is 0 Å². The molecule has 2 N–H and O–H groups in total. The van der Waals surface area contributed by atoms with E-state index in [4.69, 9.17) is 5.11 Å². The van der Waals surface area contributed by atoms with Crippen LogP contribution in [0.1, 0.15) is 30.1 Å². The Balaban J connectivity index is 2.13. The van der Waals surface area contributed by atoms with Crippen molar-refractivity contribution in [1.29, 1.82) is 0 Å². The smallest absolute Gasteiger partial charge is 0.303 e. The number of amides is 1. The van der Waals surface area contributed by atoms with E-state index in [0.717, 1.165) is 10.9 Å². The van der Waals surface area contributed by atoms with Gasteiger partial charge in [-0.05, 0) is 31.5 Å². The molecule has 1 atom stereocenters. The Bertz CT molecular complexity index is 635. The van der Waals surface area contributed by atoms with E-state index >= 15 is 0 Å². The van der Waals surface area contributed by atoms with Gasteiger partial charge in [0.15, 0.2) is 0 Å². The normalized spacial score (nSPS) is 12.1. The fourth-order valence-electron chi connectivity index (χ4n) is 2.02. The third-order valence-electron chi connectivity index (χ3n) is 3.06. The van der Waals surface area contributed by atoms with Crippen LogP contribution in [0.25, 0.3) is 10.9 Å². The molecule has 104 valence electrons. The summed E-state index contributed by atoms with van der Waals surface area (Å²) in [5.41, 5.74) is 1.32. The molecule has 0 bridgehead atoms. The van der Waals surface area contributed by atoms with Crippen molar-refractivity contribution in [2.45, 2.75) is 25.8 Å². The lowest BCUT2D eigenvalue weighted by atomic mass is 10.1. The second-order valence-corrected chi connectivity index (χ2v) is 4.68. The lowest BCUT2D eigenvalue weighted by Gasteiger charge is -2.13. The largest absolute Gasteiger partial charge is 0.481 e. The molecule has 0 aliphatic rings. The molecular formula is C15H16N2O3. The van der Waals surface area contributed by atoms with Crippen LogP contribution in [0.2, 0.25) is 0 Å². The number of benzene rings is 1. The zero-order chi connectivity index (χ0) is 14.5. The second kappa shape index (κ2) is 6.14. The first-order chi connectivity index (χ1) is 9.58. The van der Waals surface area contributed by atoms with Crippen molar-refractivity contribution in [3.8, 4) is 0 Å². The minimum atomic E-state index is -0.861. The van der Waals surface area contributed by atoms with Gasteiger partial charge in [0.2, 0.25) is 0 Å². The van der Waals surface area contributed by atoms with Gasteiger partial charge in [-0.1, -0.05) is 12.1 Å². The van der Waals surface area contributed by atoms with Crippen LogP contribution in [0, 0.1) is 0 Å². The summed E-state index contributed by atoms with van der Waals surface area (Å²) in [5, 5.41) is 12.2. The van der Waals surface area contributed by atoms with Gasteiger partial charge in [0.1, 0.15) is 0 Å². The fourth-order valence-corrected chi connectivity index (χ4v) is 2.02. The van der Waals surface area contributed by atoms with Gasteiger partial charge in [-0.25, -0.2) is 0 Å². The maximum Gasteiger partial charge on any atom is 0.303 e. The van der Waals surface area contributed by atoms with E-state index in [1.807, 2.05) is 12.1 Å². The first kappa shape index (κ1) is 14.0. The van der Waals surface area contributed by atoms with Gasteiger partial charge in [0, 0.05) is 29.6 Å². The predicted octanol–water partition coefficient (Wildman–Crippen LogP) is 2.22. The molecule has 1 amide bonds. The molecule has 1 unspecified atom stereocenters. The molecule has 20 heavy (non-hydrogen) atoms. The number of carboxylic acid groups (broad SMARTS) is 1. The third-order valence-corrected chi connectivity index (χ3v) is 3.06. The maximum absolute atomic E-state index is 12.2. The topological polar surface area (TPSA) is 79.3 Å². The lowest BCUT2D eigenvalue weighted by Crippen LogP contribution is -2.33. The highest BCUT2D eigenvalue weighted by molar-refractivity contribution is 6.06. The highest BCUT2D eigenvalue weighted by atomic mass is 16.4. The van der Waals surface area contributed by atoms with E-state index in [0.29, 0.717) is 12.0 Å². The zero-order valence-electron chi connectivity index (χ0n) is 11.2. The molecule has 0 aliphatic heterocycles. The third kappa shape index (κ3) is 3.32. The van der Waals surface area contributed by atoms with Gasteiger partial charge in [-0.15, -0.1) is 0 Å². The van der Waals surface area contributed by atoms with E-state index < -0.39 is 5.97 Å². The van der Waals surface area contributed by atoms with Gasteiger partial charge in [0.25, 0.3) is 5.91 Å². The van der Waals surface area contributed by atoms with Crippen molar-refractivity contribution in [1.82, 2.24) is 10.3 Å². The fraction of sp³-hybridized carbons (Fsp3) is 0.267. The van der Waals surface area contributed by atoms with Crippen LogP contribution in [0.4, 0.5) is 0 Å². The van der Waals surface area contributed by atoms with Crippen molar-refractivity contribution in [3.05, 3.63) is 42.1 Å². The highest BCUT2D eigenvalue weighted by Crippen LogP contribution is 2.16. The zero-order valence-corrected chi connectivity index (χ0v) is 11.2. The van der Waals surface area contributed by atoms with Gasteiger partial charge in [0.05, 0.1) is 5.52 Å². The number of carboxylic acids is 1. The van der Waals surface area contributed by atoms with Crippen molar-refractivity contribution in [2.24, 2.45) is 0 Å². The first-order valence-corrected chi connectivity index (χ1v) is 6.44. The molecule has 1 aromatic carbocycles. The summed E-state index contributed by atoms with van der Waals surface area (Å²) in [6.45, 7) is 1.80. The average molecular weight is 272 g/mol. The van der Waals surface area contributed by atoms with Crippen LogP contribution in [-0.4, -0.2) is 28.0 Å². The number of nitrogens with zero attached hydrogens (tertiary/aromatic N) is 1. The van der Waals surface area contributed by atoms with Crippen LogP contribution in [0.15, 0.2) is 36.5 Å². The lowest BCUT2D eigenvalue weighted by molar-refractivity contribution is -0.137. The number of nitrogens with one attached hydrogen (secondary N) is 1. The number of fused-ring (bicyclic) bond motifs is 1. The summed E-state index contributed by atoms with van der Waals surface area (Å²) in [6, 6.07) is 8.81. The summed E-state index contributed by atoms with van der Waals surface area (Å²) in [6.07, 6.45) is 2.13. The van der Waals surface area contributed by atoms with Crippen LogP contribution in [0.5, 0.6) is 0 Å². The van der Waals surface area contributed by atoms with E-state index in [1.54, 1.807) is 31.3 Å². The molecule has 0 saturated heterocycles. The molecule has 0 radical (unpaired) electrons. The summed E-state index contributed by atoms with van der Waals surface area (Å²) < 4.78 is 0. The number of pyridine rings is 1. The Morgan fingerprint density at radius 3 is 2.85 bits per heavy atom. The first-order valence-electron chi connectivity index (χ1n) is 6.44. The molecule has 1 heterocycles. The molecule has 0 aliphatic carbocycles. The monoisotopic (exact) mass is 272 g/mol. The van der Waals surface area contributed by atoms with Crippen LogP contribution in [0.3, 0.4) is 0 Å². The molecule has 5 nitrogen and oxygen atoms in total.